The van der Waals surface area contributed by atoms with Crippen LogP contribution in [-0.4, -0.2) is 19.1 Å². The van der Waals surface area contributed by atoms with Crippen LogP contribution in [0.15, 0.2) is 42.5 Å². The first-order valence-corrected chi connectivity index (χ1v) is 7.86. The Morgan fingerprint density at radius 2 is 1.96 bits per heavy atom. The van der Waals surface area contributed by atoms with E-state index in [0.717, 1.165) is 0 Å². The van der Waals surface area contributed by atoms with Gasteiger partial charge in [0.25, 0.3) is 0 Å². The van der Waals surface area contributed by atoms with E-state index in [1.54, 1.807) is 13.8 Å². The molecule has 0 aliphatic heterocycles. The van der Waals surface area contributed by atoms with Crippen LogP contribution in [-0.2, 0) is 4.79 Å². The number of rotatable bonds is 7. The highest BCUT2D eigenvalue weighted by molar-refractivity contribution is 6.02. The largest absolute Gasteiger partial charge is 0.490 e. The summed E-state index contributed by atoms with van der Waals surface area (Å²) in [7, 11) is 0. The van der Waals surface area contributed by atoms with Crippen LogP contribution in [0.25, 0.3) is 6.08 Å². The highest BCUT2D eigenvalue weighted by Gasteiger charge is 2.11. The molecule has 0 atom stereocenters. The van der Waals surface area contributed by atoms with Gasteiger partial charge in [-0.15, -0.1) is 0 Å². The normalized spacial score (nSPS) is 11.0. The second-order valence-corrected chi connectivity index (χ2v) is 5.30. The molecule has 0 unspecified atom stereocenters. The van der Waals surface area contributed by atoms with Gasteiger partial charge in [0.15, 0.2) is 11.5 Å². The molecule has 0 aliphatic rings. The summed E-state index contributed by atoms with van der Waals surface area (Å²) in [5.74, 6) is -0.716. The standard InChI is InChI=1S/C19H18F3NO3/c1-3-25-17-11-13(4-8-16(17)26-19(21)22)5-9-18(24)23-15-7-6-14(20)10-12(15)2/h4-11,19H,3H2,1-2H3,(H,23,24)/b9-5+. The van der Waals surface area contributed by atoms with E-state index in [-0.39, 0.29) is 23.9 Å². The van der Waals surface area contributed by atoms with Crippen LogP contribution >= 0.6 is 0 Å². The van der Waals surface area contributed by atoms with Crippen molar-refractivity contribution in [1.29, 1.82) is 0 Å². The van der Waals surface area contributed by atoms with E-state index in [0.29, 0.717) is 16.8 Å². The maximum absolute atomic E-state index is 13.1. The summed E-state index contributed by atoms with van der Waals surface area (Å²) in [6.45, 7) is 0.711. The molecule has 4 nitrogen and oxygen atoms in total. The monoisotopic (exact) mass is 365 g/mol. The quantitative estimate of drug-likeness (QED) is 0.718. The average molecular weight is 365 g/mol. The Hall–Kier alpha value is -2.96. The van der Waals surface area contributed by atoms with Gasteiger partial charge in [-0.1, -0.05) is 6.07 Å². The molecule has 7 heteroatoms. The Kier molecular flexibility index (Phi) is 6.66. The van der Waals surface area contributed by atoms with Crippen molar-refractivity contribution in [3.05, 3.63) is 59.4 Å². The smallest absolute Gasteiger partial charge is 0.387 e. The van der Waals surface area contributed by atoms with Gasteiger partial charge in [0.1, 0.15) is 5.82 Å². The van der Waals surface area contributed by atoms with Gasteiger partial charge in [-0.3, -0.25) is 4.79 Å². The molecule has 0 heterocycles. The fraction of sp³-hybridized carbons (Fsp3) is 0.211. The molecule has 0 radical (unpaired) electrons. The molecule has 0 bridgehead atoms. The summed E-state index contributed by atoms with van der Waals surface area (Å²) in [6, 6.07) is 8.40. The third-order valence-corrected chi connectivity index (χ3v) is 3.36. The van der Waals surface area contributed by atoms with Gasteiger partial charge >= 0.3 is 6.61 Å². The lowest BCUT2D eigenvalue weighted by atomic mass is 10.1. The number of anilines is 1. The summed E-state index contributed by atoms with van der Waals surface area (Å²) < 4.78 is 47.5. The van der Waals surface area contributed by atoms with Crippen LogP contribution in [0.3, 0.4) is 0 Å². The second kappa shape index (κ2) is 8.94. The zero-order valence-corrected chi connectivity index (χ0v) is 14.3. The summed E-state index contributed by atoms with van der Waals surface area (Å²) in [5, 5.41) is 2.64. The Balaban J connectivity index is 2.10. The topological polar surface area (TPSA) is 47.6 Å². The van der Waals surface area contributed by atoms with E-state index in [1.165, 1.54) is 48.6 Å². The molecule has 0 aliphatic carbocycles. The number of carbonyl (C=O) groups excluding carboxylic acids is 1. The predicted molar refractivity (Wildman–Crippen MR) is 93.0 cm³/mol. The Morgan fingerprint density at radius 1 is 1.19 bits per heavy atom. The maximum atomic E-state index is 13.1. The van der Waals surface area contributed by atoms with Gasteiger partial charge < -0.3 is 14.8 Å². The first-order chi connectivity index (χ1) is 12.4. The van der Waals surface area contributed by atoms with E-state index in [2.05, 4.69) is 10.1 Å². The zero-order chi connectivity index (χ0) is 19.1. The van der Waals surface area contributed by atoms with Gasteiger partial charge in [0.2, 0.25) is 5.91 Å². The fourth-order valence-corrected chi connectivity index (χ4v) is 2.20. The number of halogens is 3. The molecule has 1 N–H and O–H groups in total. The van der Waals surface area contributed by atoms with Crippen molar-refractivity contribution in [1.82, 2.24) is 0 Å². The number of hydrogen-bond donors (Lipinski definition) is 1. The number of hydrogen-bond acceptors (Lipinski definition) is 3. The molecule has 2 aromatic carbocycles. The molecule has 0 fully saturated rings. The summed E-state index contributed by atoms with van der Waals surface area (Å²) in [6.07, 6.45) is 2.78. The summed E-state index contributed by atoms with van der Waals surface area (Å²) in [5.41, 5.74) is 1.66. The minimum Gasteiger partial charge on any atom is -0.490 e. The Morgan fingerprint density at radius 3 is 2.62 bits per heavy atom. The lowest BCUT2D eigenvalue weighted by Crippen LogP contribution is -2.09. The highest BCUT2D eigenvalue weighted by Crippen LogP contribution is 2.30. The zero-order valence-electron chi connectivity index (χ0n) is 14.3. The number of benzene rings is 2. The average Bonchev–Trinajstić information content (AvgIpc) is 2.57. The van der Waals surface area contributed by atoms with Crippen LogP contribution in [0.5, 0.6) is 11.5 Å². The number of alkyl halides is 2. The number of nitrogens with one attached hydrogen (secondary N) is 1. The van der Waals surface area contributed by atoms with Crippen molar-refractivity contribution in [2.24, 2.45) is 0 Å². The third-order valence-electron chi connectivity index (χ3n) is 3.36. The first-order valence-electron chi connectivity index (χ1n) is 7.86. The molecule has 2 aromatic rings. The van der Waals surface area contributed by atoms with Crippen molar-refractivity contribution in [2.75, 3.05) is 11.9 Å². The van der Waals surface area contributed by atoms with Crippen molar-refractivity contribution in [2.45, 2.75) is 20.5 Å². The summed E-state index contributed by atoms with van der Waals surface area (Å²) in [4.78, 5) is 12.0. The van der Waals surface area contributed by atoms with Gasteiger partial charge in [0.05, 0.1) is 6.61 Å². The highest BCUT2D eigenvalue weighted by atomic mass is 19.3. The van der Waals surface area contributed by atoms with Gasteiger partial charge in [-0.25, -0.2) is 4.39 Å². The molecule has 0 saturated heterocycles. The van der Waals surface area contributed by atoms with Crippen LogP contribution in [0.2, 0.25) is 0 Å². The predicted octanol–water partition coefficient (Wildman–Crippen LogP) is 4.79. The molecule has 0 saturated carbocycles. The SMILES string of the molecule is CCOc1cc(/C=C/C(=O)Nc2ccc(F)cc2C)ccc1OC(F)F. The number of aryl methyl sites for hydroxylation is 1. The first kappa shape index (κ1) is 19.4. The molecular weight excluding hydrogens is 347 g/mol. The molecule has 1 amide bonds. The minimum absolute atomic E-state index is 0.0783. The maximum Gasteiger partial charge on any atom is 0.387 e. The van der Waals surface area contributed by atoms with E-state index in [9.17, 15) is 18.0 Å². The van der Waals surface area contributed by atoms with Gasteiger partial charge in [-0.2, -0.15) is 8.78 Å². The van der Waals surface area contributed by atoms with Crippen LogP contribution in [0.4, 0.5) is 18.9 Å². The lowest BCUT2D eigenvalue weighted by molar-refractivity contribution is -0.111. The van der Waals surface area contributed by atoms with Gasteiger partial charge in [0, 0.05) is 11.8 Å². The molecule has 26 heavy (non-hydrogen) atoms. The Labute approximate surface area is 149 Å². The molecule has 138 valence electrons. The lowest BCUT2D eigenvalue weighted by Gasteiger charge is -2.11. The van der Waals surface area contributed by atoms with Gasteiger partial charge in [-0.05, 0) is 61.4 Å². The van der Waals surface area contributed by atoms with Crippen LogP contribution in [0, 0.1) is 12.7 Å². The second-order valence-electron chi connectivity index (χ2n) is 5.30. The molecular formula is C19H18F3NO3. The molecule has 0 spiro atoms. The third kappa shape index (κ3) is 5.54. The van der Waals surface area contributed by atoms with Crippen molar-refractivity contribution >= 4 is 17.7 Å². The van der Waals surface area contributed by atoms with Crippen LogP contribution < -0.4 is 14.8 Å². The molecule has 2 rings (SSSR count). The van der Waals surface area contributed by atoms with E-state index in [4.69, 9.17) is 4.74 Å². The van der Waals surface area contributed by atoms with Crippen molar-refractivity contribution in [3.8, 4) is 11.5 Å². The van der Waals surface area contributed by atoms with E-state index < -0.39 is 12.5 Å². The van der Waals surface area contributed by atoms with Crippen molar-refractivity contribution < 1.29 is 27.4 Å². The Bertz CT molecular complexity index is 807. The number of ether oxygens (including phenoxy) is 2. The fourth-order valence-electron chi connectivity index (χ4n) is 2.20. The van der Waals surface area contributed by atoms with Crippen LogP contribution in [0.1, 0.15) is 18.1 Å². The van der Waals surface area contributed by atoms with E-state index in [1.807, 2.05) is 0 Å². The number of carbonyl (C=O) groups is 1. The number of amides is 1. The minimum atomic E-state index is -2.96. The van der Waals surface area contributed by atoms with Crippen molar-refractivity contribution in [3.63, 3.8) is 0 Å². The van der Waals surface area contributed by atoms with E-state index >= 15 is 0 Å². The summed E-state index contributed by atoms with van der Waals surface area (Å²) >= 11 is 0. The molecule has 0 aromatic heterocycles.